The van der Waals surface area contributed by atoms with E-state index in [2.05, 4.69) is 148 Å². The van der Waals surface area contributed by atoms with E-state index >= 15 is 0 Å². The van der Waals surface area contributed by atoms with E-state index in [-0.39, 0.29) is 4.75 Å². The molecule has 3 heteroatoms. The molecule has 0 heterocycles. The molecule has 0 aliphatic carbocycles. The maximum absolute atomic E-state index is 2.46. The normalized spacial score (nSPS) is 13.8. The summed E-state index contributed by atoms with van der Waals surface area (Å²) in [5.74, 6) is 0.357. The van der Waals surface area contributed by atoms with Crippen LogP contribution in [0, 0.1) is 5.92 Å². The van der Waals surface area contributed by atoms with Gasteiger partial charge in [-0.2, -0.15) is 0 Å². The van der Waals surface area contributed by atoms with Gasteiger partial charge in [0.15, 0.2) is 0 Å². The van der Waals surface area contributed by atoms with Crippen LogP contribution >= 0.6 is 35.3 Å². The third-order valence-electron chi connectivity index (χ3n) is 6.08. The Hall–Kier alpha value is -2.33. The predicted octanol–water partition coefficient (Wildman–Crippen LogP) is 10.3. The maximum atomic E-state index is 2.46. The zero-order chi connectivity index (χ0) is 25.2. The van der Waals surface area contributed by atoms with Gasteiger partial charge < -0.3 is 0 Å². The zero-order valence-corrected chi connectivity index (χ0v) is 23.7. The highest BCUT2D eigenvalue weighted by molar-refractivity contribution is 8.05. The minimum atomic E-state index is 0.00433. The van der Waals surface area contributed by atoms with Crippen molar-refractivity contribution in [2.45, 2.75) is 51.9 Å². The van der Waals surface area contributed by atoms with E-state index in [1.807, 2.05) is 35.3 Å². The Morgan fingerprint density at radius 1 is 0.667 bits per heavy atom. The summed E-state index contributed by atoms with van der Waals surface area (Å²) >= 11 is 5.91. The molecule has 0 N–H and O–H groups in total. The molecule has 4 aromatic carbocycles. The molecule has 4 aromatic rings. The monoisotopic (exact) mass is 526 g/mol. The first-order valence-electron chi connectivity index (χ1n) is 12.4. The van der Waals surface area contributed by atoms with Crippen molar-refractivity contribution in [1.29, 1.82) is 0 Å². The van der Waals surface area contributed by atoms with Crippen molar-refractivity contribution in [3.05, 3.63) is 138 Å². The minimum absolute atomic E-state index is 0.00433. The molecule has 0 amide bonds. The van der Waals surface area contributed by atoms with Gasteiger partial charge in [-0.15, -0.1) is 23.5 Å². The van der Waals surface area contributed by atoms with Crippen molar-refractivity contribution in [2.24, 2.45) is 5.92 Å². The van der Waals surface area contributed by atoms with Crippen LogP contribution in [-0.4, -0.2) is 10.00 Å². The summed E-state index contributed by atoms with van der Waals surface area (Å²) in [4.78, 5) is 5.36. The average Bonchev–Trinajstić information content (AvgIpc) is 2.91. The van der Waals surface area contributed by atoms with E-state index < -0.39 is 0 Å². The van der Waals surface area contributed by atoms with Crippen LogP contribution in [0.15, 0.2) is 147 Å². The van der Waals surface area contributed by atoms with E-state index in [1.165, 1.54) is 25.2 Å². The molecule has 0 fully saturated rings. The second-order valence-electron chi connectivity index (χ2n) is 9.37. The molecule has 0 bridgehead atoms. The fraction of sp³-hybridized carbons (Fsp3) is 0.212. The second kappa shape index (κ2) is 13.3. The first-order chi connectivity index (χ1) is 17.5. The van der Waals surface area contributed by atoms with Crippen molar-refractivity contribution < 1.29 is 0 Å². The van der Waals surface area contributed by atoms with E-state index in [4.69, 9.17) is 0 Å². The van der Waals surface area contributed by atoms with Gasteiger partial charge in [0.25, 0.3) is 0 Å². The van der Waals surface area contributed by atoms with Crippen molar-refractivity contribution in [1.82, 2.24) is 0 Å². The van der Waals surface area contributed by atoms with Gasteiger partial charge in [0.2, 0.25) is 0 Å². The van der Waals surface area contributed by atoms with Crippen LogP contribution in [0.3, 0.4) is 0 Å². The lowest BCUT2D eigenvalue weighted by Crippen LogP contribution is -2.36. The number of hydrogen-bond donors (Lipinski definition) is 0. The molecule has 0 saturated heterocycles. The quantitative estimate of drug-likeness (QED) is 0.178. The molecule has 0 unspecified atom stereocenters. The van der Waals surface area contributed by atoms with Gasteiger partial charge in [-0.05, 0) is 67.1 Å². The Morgan fingerprint density at radius 3 is 1.69 bits per heavy atom. The molecule has 0 aliphatic heterocycles. The highest BCUT2D eigenvalue weighted by Crippen LogP contribution is 2.49. The molecular weight excluding hydrogens is 493 g/mol. The smallest absolute Gasteiger partial charge is 0.0311 e. The molecule has 0 aliphatic rings. The summed E-state index contributed by atoms with van der Waals surface area (Å²) in [6.07, 6.45) is 3.40. The summed E-state index contributed by atoms with van der Waals surface area (Å²) in [6.45, 7) is 7.23. The van der Waals surface area contributed by atoms with Crippen LogP contribution in [0.1, 0.15) is 26.3 Å². The van der Waals surface area contributed by atoms with E-state index in [9.17, 15) is 0 Å². The summed E-state index contributed by atoms with van der Waals surface area (Å²) in [6, 6.07) is 43.3. The van der Waals surface area contributed by atoms with Gasteiger partial charge in [0.05, 0.1) is 0 Å². The van der Waals surface area contributed by atoms with Crippen LogP contribution < -0.4 is 0 Å². The molecule has 0 spiro atoms. The third-order valence-corrected chi connectivity index (χ3v) is 10.6. The van der Waals surface area contributed by atoms with E-state index in [1.54, 1.807) is 0 Å². The van der Waals surface area contributed by atoms with Gasteiger partial charge in [-0.25, -0.2) is 0 Å². The molecule has 2 atom stereocenters. The van der Waals surface area contributed by atoms with Crippen LogP contribution in [0.2, 0.25) is 0 Å². The van der Waals surface area contributed by atoms with Gasteiger partial charge >= 0.3 is 0 Å². The van der Waals surface area contributed by atoms with Crippen molar-refractivity contribution in [3.8, 4) is 0 Å². The van der Waals surface area contributed by atoms with Gasteiger partial charge in [0, 0.05) is 30.6 Å². The fourth-order valence-electron chi connectivity index (χ4n) is 4.27. The third kappa shape index (κ3) is 7.83. The average molecular weight is 527 g/mol. The Balaban J connectivity index is 1.68. The van der Waals surface area contributed by atoms with Gasteiger partial charge in [0.1, 0.15) is 0 Å². The number of rotatable bonds is 11. The number of hydrogen-bond acceptors (Lipinski definition) is 3. The van der Waals surface area contributed by atoms with Crippen LogP contribution in [0.25, 0.3) is 0 Å². The summed E-state index contributed by atoms with van der Waals surface area (Å²) < 4.78 is 0.00433. The van der Waals surface area contributed by atoms with Crippen molar-refractivity contribution in [3.63, 3.8) is 0 Å². The standard InChI is InChI=1S/C33H34S3/c1-26(31(34-28-18-10-5-11-19-28)25-24-27-16-8-4-9-17-27)32(35-29-20-12-6-13-21-29)33(2,3)36-30-22-14-7-15-23-30/h4-23,25-26,32H,24H2,1-3H3/b31-25-/t26-,32+/m0/s1. The SMILES string of the molecule is C[C@@H](/C(=C/Cc1ccccc1)Sc1ccccc1)[C@@H](Sc1ccccc1)C(C)(C)Sc1ccccc1. The van der Waals surface area contributed by atoms with Crippen molar-refractivity contribution in [2.75, 3.05) is 0 Å². The molecular formula is C33H34S3. The van der Waals surface area contributed by atoms with Crippen molar-refractivity contribution >= 4 is 35.3 Å². The highest BCUT2D eigenvalue weighted by atomic mass is 32.2. The lowest BCUT2D eigenvalue weighted by molar-refractivity contribution is 0.554. The van der Waals surface area contributed by atoms with E-state index in [0.29, 0.717) is 11.2 Å². The fourth-order valence-corrected chi connectivity index (χ4v) is 8.16. The number of benzene rings is 4. The summed E-state index contributed by atoms with van der Waals surface area (Å²) in [5, 5.41) is 0.364. The Labute approximate surface area is 230 Å². The lowest BCUT2D eigenvalue weighted by atomic mass is 9.95. The minimum Gasteiger partial charge on any atom is -0.121 e. The molecule has 0 aromatic heterocycles. The van der Waals surface area contributed by atoms with Gasteiger partial charge in [-0.1, -0.05) is 110 Å². The molecule has 0 radical (unpaired) electrons. The first-order valence-corrected chi connectivity index (χ1v) is 15.0. The van der Waals surface area contributed by atoms with Gasteiger partial charge in [-0.3, -0.25) is 0 Å². The Morgan fingerprint density at radius 2 is 1.14 bits per heavy atom. The molecule has 184 valence electrons. The largest absolute Gasteiger partial charge is 0.121 e. The Bertz CT molecular complexity index is 1200. The Kier molecular flexibility index (Phi) is 9.86. The van der Waals surface area contributed by atoms with Crippen LogP contribution in [-0.2, 0) is 6.42 Å². The highest BCUT2D eigenvalue weighted by Gasteiger charge is 2.37. The molecule has 0 saturated carbocycles. The van der Waals surface area contributed by atoms with E-state index in [0.717, 1.165) is 6.42 Å². The van der Waals surface area contributed by atoms with Crippen LogP contribution in [0.4, 0.5) is 0 Å². The van der Waals surface area contributed by atoms with Crippen LogP contribution in [0.5, 0.6) is 0 Å². The summed E-state index contributed by atoms with van der Waals surface area (Å²) in [7, 11) is 0. The predicted molar refractivity (Wildman–Crippen MR) is 162 cm³/mol. The zero-order valence-electron chi connectivity index (χ0n) is 21.2. The maximum Gasteiger partial charge on any atom is 0.0311 e. The summed E-state index contributed by atoms with van der Waals surface area (Å²) in [5.41, 5.74) is 1.35. The molecule has 4 rings (SSSR count). The first kappa shape index (κ1) is 26.7. The molecule has 0 nitrogen and oxygen atoms in total. The number of thioether (sulfide) groups is 3. The topological polar surface area (TPSA) is 0 Å². The number of allylic oxidation sites excluding steroid dienone is 2. The second-order valence-corrected chi connectivity index (χ2v) is 13.5. The molecule has 36 heavy (non-hydrogen) atoms. The lowest BCUT2D eigenvalue weighted by Gasteiger charge is -2.38.